The van der Waals surface area contributed by atoms with Crippen molar-refractivity contribution in [2.45, 2.75) is 25.8 Å². The molecule has 0 saturated heterocycles. The predicted octanol–water partition coefficient (Wildman–Crippen LogP) is 2.24. The average Bonchev–Trinajstić information content (AvgIpc) is 2.26. The minimum Gasteiger partial charge on any atom is -0.496 e. The lowest BCUT2D eigenvalue weighted by atomic mass is 10.0. The molecular formula is C12H19NO. The molecule has 14 heavy (non-hydrogen) atoms. The van der Waals surface area contributed by atoms with E-state index >= 15 is 0 Å². The number of methoxy groups -OCH3 is 1. The molecule has 0 bridgehead atoms. The van der Waals surface area contributed by atoms with Gasteiger partial charge in [0.25, 0.3) is 0 Å². The minimum absolute atomic E-state index is 0.534. The summed E-state index contributed by atoms with van der Waals surface area (Å²) in [5.74, 6) is 0.987. The Labute approximate surface area is 86.3 Å². The van der Waals surface area contributed by atoms with Gasteiger partial charge in [-0.3, -0.25) is 0 Å². The fraction of sp³-hybridized carbons (Fsp3) is 0.500. The zero-order valence-corrected chi connectivity index (χ0v) is 9.21. The van der Waals surface area contributed by atoms with Crippen molar-refractivity contribution in [1.29, 1.82) is 0 Å². The normalized spacial score (nSPS) is 12.5. The summed E-state index contributed by atoms with van der Waals surface area (Å²) >= 11 is 0. The average molecular weight is 193 g/mol. The van der Waals surface area contributed by atoms with Crippen molar-refractivity contribution in [3.05, 3.63) is 29.8 Å². The Balaban J connectivity index is 2.74. The standard InChI is InChI=1S/C12H19NO/c1-4-11(13-2)9-10-7-5-6-8-12(10)14-3/h5-8,11,13H,4,9H2,1-3H3. The van der Waals surface area contributed by atoms with Crippen LogP contribution in [0.3, 0.4) is 0 Å². The molecule has 0 aliphatic carbocycles. The summed E-state index contributed by atoms with van der Waals surface area (Å²) in [5.41, 5.74) is 1.27. The van der Waals surface area contributed by atoms with E-state index in [4.69, 9.17) is 4.74 Å². The van der Waals surface area contributed by atoms with Crippen LogP contribution in [0.15, 0.2) is 24.3 Å². The van der Waals surface area contributed by atoms with E-state index in [1.165, 1.54) is 5.56 Å². The Hall–Kier alpha value is -1.02. The molecule has 0 aromatic heterocycles. The van der Waals surface area contributed by atoms with Crippen LogP contribution in [0.2, 0.25) is 0 Å². The molecule has 0 aliphatic heterocycles. The largest absolute Gasteiger partial charge is 0.496 e. The van der Waals surface area contributed by atoms with E-state index in [1.54, 1.807) is 7.11 Å². The van der Waals surface area contributed by atoms with Crippen LogP contribution in [0.25, 0.3) is 0 Å². The highest BCUT2D eigenvalue weighted by Gasteiger charge is 2.07. The Morgan fingerprint density at radius 3 is 2.64 bits per heavy atom. The summed E-state index contributed by atoms with van der Waals surface area (Å²) in [4.78, 5) is 0. The van der Waals surface area contributed by atoms with Gasteiger partial charge in [0.15, 0.2) is 0 Å². The van der Waals surface area contributed by atoms with Gasteiger partial charge in [-0.1, -0.05) is 25.1 Å². The molecule has 1 atom stereocenters. The van der Waals surface area contributed by atoms with Crippen LogP contribution >= 0.6 is 0 Å². The molecule has 0 radical (unpaired) electrons. The summed E-state index contributed by atoms with van der Waals surface area (Å²) in [6.07, 6.45) is 2.16. The lowest BCUT2D eigenvalue weighted by molar-refractivity contribution is 0.405. The minimum atomic E-state index is 0.534. The maximum atomic E-state index is 5.31. The summed E-state index contributed by atoms with van der Waals surface area (Å²) in [6.45, 7) is 2.19. The molecule has 2 heteroatoms. The lowest BCUT2D eigenvalue weighted by Gasteiger charge is -2.15. The third-order valence-electron chi connectivity index (χ3n) is 2.56. The quantitative estimate of drug-likeness (QED) is 0.774. The number of para-hydroxylation sites is 1. The van der Waals surface area contributed by atoms with Crippen molar-refractivity contribution in [3.63, 3.8) is 0 Å². The second-order valence-corrected chi connectivity index (χ2v) is 3.41. The summed E-state index contributed by atoms with van der Waals surface area (Å²) < 4.78 is 5.31. The molecule has 1 unspecified atom stereocenters. The zero-order valence-electron chi connectivity index (χ0n) is 9.21. The van der Waals surface area contributed by atoms with E-state index < -0.39 is 0 Å². The summed E-state index contributed by atoms with van der Waals surface area (Å²) in [5, 5.41) is 3.30. The van der Waals surface area contributed by atoms with Gasteiger partial charge in [-0.2, -0.15) is 0 Å². The van der Waals surface area contributed by atoms with Crippen LogP contribution in [-0.2, 0) is 6.42 Å². The molecule has 0 aliphatic rings. The number of rotatable bonds is 5. The summed E-state index contributed by atoms with van der Waals surface area (Å²) in [6, 6.07) is 8.73. The van der Waals surface area contributed by atoms with Gasteiger partial charge in [-0.05, 0) is 31.5 Å². The smallest absolute Gasteiger partial charge is 0.122 e. The molecule has 0 fully saturated rings. The zero-order chi connectivity index (χ0) is 10.4. The van der Waals surface area contributed by atoms with Crippen LogP contribution in [0.1, 0.15) is 18.9 Å². The Bertz CT molecular complexity index is 269. The van der Waals surface area contributed by atoms with Gasteiger partial charge in [0, 0.05) is 6.04 Å². The number of likely N-dealkylation sites (N-methyl/N-ethyl adjacent to an activating group) is 1. The predicted molar refractivity (Wildman–Crippen MR) is 59.8 cm³/mol. The first-order valence-corrected chi connectivity index (χ1v) is 5.11. The maximum absolute atomic E-state index is 5.31. The molecule has 0 heterocycles. The first-order chi connectivity index (χ1) is 6.81. The van der Waals surface area contributed by atoms with E-state index in [9.17, 15) is 0 Å². The van der Waals surface area contributed by atoms with Crippen molar-refractivity contribution >= 4 is 0 Å². The monoisotopic (exact) mass is 193 g/mol. The molecule has 2 nitrogen and oxygen atoms in total. The number of nitrogens with one attached hydrogen (secondary N) is 1. The van der Waals surface area contributed by atoms with Gasteiger partial charge in [0.2, 0.25) is 0 Å². The highest BCUT2D eigenvalue weighted by Crippen LogP contribution is 2.19. The number of ether oxygens (including phenoxy) is 1. The third-order valence-corrected chi connectivity index (χ3v) is 2.56. The Morgan fingerprint density at radius 1 is 1.36 bits per heavy atom. The van der Waals surface area contributed by atoms with Gasteiger partial charge < -0.3 is 10.1 Å². The highest BCUT2D eigenvalue weighted by atomic mass is 16.5. The van der Waals surface area contributed by atoms with Crippen LogP contribution in [0, 0.1) is 0 Å². The van der Waals surface area contributed by atoms with Gasteiger partial charge in [0.05, 0.1) is 7.11 Å². The van der Waals surface area contributed by atoms with Crippen molar-refractivity contribution in [3.8, 4) is 5.75 Å². The fourth-order valence-corrected chi connectivity index (χ4v) is 1.59. The molecule has 0 spiro atoms. The van der Waals surface area contributed by atoms with E-state index in [2.05, 4.69) is 24.4 Å². The second kappa shape index (κ2) is 5.66. The Morgan fingerprint density at radius 2 is 2.07 bits per heavy atom. The van der Waals surface area contributed by atoms with Crippen molar-refractivity contribution in [2.24, 2.45) is 0 Å². The van der Waals surface area contributed by atoms with Crippen molar-refractivity contribution < 1.29 is 4.74 Å². The van der Waals surface area contributed by atoms with Crippen molar-refractivity contribution in [1.82, 2.24) is 5.32 Å². The van der Waals surface area contributed by atoms with Crippen LogP contribution in [-0.4, -0.2) is 20.2 Å². The van der Waals surface area contributed by atoms with E-state index in [-0.39, 0.29) is 0 Å². The van der Waals surface area contributed by atoms with E-state index in [0.717, 1.165) is 18.6 Å². The second-order valence-electron chi connectivity index (χ2n) is 3.41. The summed E-state index contributed by atoms with van der Waals surface area (Å²) in [7, 11) is 3.72. The topological polar surface area (TPSA) is 21.3 Å². The molecule has 1 aromatic carbocycles. The highest BCUT2D eigenvalue weighted by molar-refractivity contribution is 5.33. The maximum Gasteiger partial charge on any atom is 0.122 e. The molecular weight excluding hydrogens is 174 g/mol. The number of hydrogen-bond acceptors (Lipinski definition) is 2. The van der Waals surface area contributed by atoms with Gasteiger partial charge >= 0.3 is 0 Å². The molecule has 1 aromatic rings. The fourth-order valence-electron chi connectivity index (χ4n) is 1.59. The third kappa shape index (κ3) is 2.74. The molecule has 1 rings (SSSR count). The van der Waals surface area contributed by atoms with E-state index in [1.807, 2.05) is 19.2 Å². The van der Waals surface area contributed by atoms with Gasteiger partial charge in [-0.15, -0.1) is 0 Å². The van der Waals surface area contributed by atoms with Crippen LogP contribution < -0.4 is 10.1 Å². The molecule has 78 valence electrons. The molecule has 0 saturated carbocycles. The van der Waals surface area contributed by atoms with Gasteiger partial charge in [-0.25, -0.2) is 0 Å². The Kier molecular flexibility index (Phi) is 4.47. The van der Waals surface area contributed by atoms with Gasteiger partial charge in [0.1, 0.15) is 5.75 Å². The first kappa shape index (κ1) is 11.1. The molecule has 0 amide bonds. The molecule has 1 N–H and O–H groups in total. The number of benzene rings is 1. The van der Waals surface area contributed by atoms with E-state index in [0.29, 0.717) is 6.04 Å². The van der Waals surface area contributed by atoms with Crippen LogP contribution in [0.4, 0.5) is 0 Å². The SMILES string of the molecule is CCC(Cc1ccccc1OC)NC. The lowest BCUT2D eigenvalue weighted by Crippen LogP contribution is -2.26. The van der Waals surface area contributed by atoms with Crippen LogP contribution in [0.5, 0.6) is 5.75 Å². The first-order valence-electron chi connectivity index (χ1n) is 5.11. The van der Waals surface area contributed by atoms with Crippen molar-refractivity contribution in [2.75, 3.05) is 14.2 Å². The number of hydrogen-bond donors (Lipinski definition) is 1.